The lowest BCUT2D eigenvalue weighted by molar-refractivity contribution is -0.116. The zero-order valence-electron chi connectivity index (χ0n) is 9.98. The number of halogens is 1. The van der Waals surface area contributed by atoms with E-state index >= 15 is 0 Å². The number of thiol groups is 1. The van der Waals surface area contributed by atoms with Crippen LogP contribution in [0.15, 0.2) is 28.9 Å². The number of rotatable bonds is 3. The number of carbonyl (C=O) groups excluding carboxylic acids is 1. The number of hydrogen-bond donors (Lipinski definition) is 1. The fourth-order valence-corrected chi connectivity index (χ4v) is 2.10. The largest absolute Gasteiger partial charge is 0.482 e. The highest BCUT2D eigenvalue weighted by Crippen LogP contribution is 2.26. The second-order valence-electron chi connectivity index (χ2n) is 4.06. The maximum absolute atomic E-state index is 11.1. The molecule has 0 radical (unpaired) electrons. The predicted molar refractivity (Wildman–Crippen MR) is 78.3 cm³/mol. The second-order valence-corrected chi connectivity index (χ2v) is 5.42. The zero-order chi connectivity index (χ0) is 13.3. The molecule has 18 heavy (non-hydrogen) atoms. The lowest BCUT2D eigenvalue weighted by Crippen LogP contribution is -2.19. The third-order valence-electron chi connectivity index (χ3n) is 2.57. The topological polar surface area (TPSA) is 39.2 Å². The number of hydrogen-bond acceptors (Lipinski definition) is 3. The van der Waals surface area contributed by atoms with Crippen LogP contribution in [0, 0.1) is 6.92 Å². The van der Waals surface area contributed by atoms with E-state index in [-0.39, 0.29) is 5.12 Å². The van der Waals surface area contributed by atoms with Crippen LogP contribution in [0.2, 0.25) is 0 Å². The normalized spacial score (nSPS) is 12.4. The lowest BCUT2D eigenvalue weighted by Gasteiger charge is -2.13. The van der Waals surface area contributed by atoms with Crippen LogP contribution in [0.1, 0.15) is 12.5 Å². The van der Waals surface area contributed by atoms with Crippen molar-refractivity contribution in [1.29, 1.82) is 0 Å². The van der Waals surface area contributed by atoms with Crippen molar-refractivity contribution in [3.63, 3.8) is 0 Å². The molecular weight excluding hydrogens is 314 g/mol. The van der Waals surface area contributed by atoms with Crippen LogP contribution in [-0.4, -0.2) is 16.2 Å². The number of benzene rings is 1. The molecule has 0 bridgehead atoms. The molecule has 0 spiro atoms. The van der Waals surface area contributed by atoms with Gasteiger partial charge in [-0.2, -0.15) is 0 Å². The van der Waals surface area contributed by atoms with Crippen LogP contribution in [-0.2, 0) is 4.79 Å². The molecule has 0 N–H and O–H groups in total. The van der Waals surface area contributed by atoms with Crippen molar-refractivity contribution in [2.75, 3.05) is 0 Å². The van der Waals surface area contributed by atoms with Gasteiger partial charge < -0.3 is 4.74 Å². The average molecular weight is 326 g/mol. The van der Waals surface area contributed by atoms with Gasteiger partial charge in [0.15, 0.2) is 6.10 Å². The Morgan fingerprint density at radius 3 is 2.83 bits per heavy atom. The van der Waals surface area contributed by atoms with Crippen LogP contribution < -0.4 is 4.74 Å². The van der Waals surface area contributed by atoms with E-state index in [1.807, 2.05) is 25.1 Å². The average Bonchev–Trinajstić information content (AvgIpc) is 2.27. The first-order valence-corrected chi connectivity index (χ1v) is 6.67. The smallest absolute Gasteiger partial charge is 0.226 e. The Balaban J connectivity index is 2.44. The Kier molecular flexibility index (Phi) is 3.92. The van der Waals surface area contributed by atoms with Crippen LogP contribution in [0.25, 0.3) is 10.9 Å². The van der Waals surface area contributed by atoms with E-state index in [4.69, 9.17) is 4.74 Å². The Labute approximate surface area is 119 Å². The van der Waals surface area contributed by atoms with Crippen molar-refractivity contribution >= 4 is 44.6 Å². The van der Waals surface area contributed by atoms with Crippen LogP contribution in [0.5, 0.6) is 5.75 Å². The number of carbonyl (C=O) groups is 1. The molecular formula is C13H12BrNO2S. The van der Waals surface area contributed by atoms with Gasteiger partial charge in [0.1, 0.15) is 5.75 Å². The third kappa shape index (κ3) is 2.84. The van der Waals surface area contributed by atoms with Crippen molar-refractivity contribution in [3.05, 3.63) is 34.4 Å². The molecule has 0 saturated carbocycles. The summed E-state index contributed by atoms with van der Waals surface area (Å²) in [5.41, 5.74) is 1.93. The van der Waals surface area contributed by atoms with Crippen molar-refractivity contribution in [3.8, 4) is 5.75 Å². The highest BCUT2D eigenvalue weighted by atomic mass is 79.9. The summed E-state index contributed by atoms with van der Waals surface area (Å²) in [6.45, 7) is 3.64. The van der Waals surface area contributed by atoms with E-state index in [1.54, 1.807) is 13.1 Å². The van der Waals surface area contributed by atoms with Crippen molar-refractivity contribution in [1.82, 2.24) is 4.98 Å². The maximum Gasteiger partial charge on any atom is 0.226 e. The lowest BCUT2D eigenvalue weighted by atomic mass is 10.1. The molecule has 1 aromatic heterocycles. The number of nitrogens with zero attached hydrogens (tertiary/aromatic N) is 1. The number of fused-ring (bicyclic) bond motifs is 1. The van der Waals surface area contributed by atoms with Gasteiger partial charge in [-0.25, -0.2) is 0 Å². The van der Waals surface area contributed by atoms with Crippen molar-refractivity contribution in [2.45, 2.75) is 20.0 Å². The Morgan fingerprint density at radius 1 is 1.44 bits per heavy atom. The molecule has 0 aliphatic heterocycles. The molecule has 1 unspecified atom stereocenters. The Morgan fingerprint density at radius 2 is 2.17 bits per heavy atom. The molecule has 1 atom stereocenters. The zero-order valence-corrected chi connectivity index (χ0v) is 12.5. The van der Waals surface area contributed by atoms with E-state index in [0.29, 0.717) is 5.75 Å². The summed E-state index contributed by atoms with van der Waals surface area (Å²) < 4.78 is 6.44. The van der Waals surface area contributed by atoms with E-state index in [2.05, 4.69) is 33.5 Å². The van der Waals surface area contributed by atoms with Gasteiger partial charge in [-0.15, -0.1) is 12.6 Å². The molecule has 0 amide bonds. The summed E-state index contributed by atoms with van der Waals surface area (Å²) in [5, 5.41) is 0.679. The number of ether oxygens (including phenoxy) is 1. The molecule has 0 fully saturated rings. The van der Waals surface area contributed by atoms with Gasteiger partial charge >= 0.3 is 0 Å². The van der Waals surface area contributed by atoms with E-state index in [1.165, 1.54) is 0 Å². The van der Waals surface area contributed by atoms with Crippen LogP contribution in [0.4, 0.5) is 0 Å². The fourth-order valence-electron chi connectivity index (χ4n) is 1.69. The van der Waals surface area contributed by atoms with E-state index in [0.717, 1.165) is 20.9 Å². The standard InChI is InChI=1S/C13H12BrNO2S/c1-7-3-11(17-8(2)13(16)18)5-9-4-10(14)6-15-12(7)9/h3-6,8H,1-2H3,(H,16,18). The van der Waals surface area contributed by atoms with Gasteiger partial charge in [0.25, 0.3) is 0 Å². The molecule has 1 aromatic carbocycles. The van der Waals surface area contributed by atoms with Crippen LogP contribution >= 0.6 is 28.6 Å². The molecule has 0 aliphatic carbocycles. The first-order valence-electron chi connectivity index (χ1n) is 5.43. The second kappa shape index (κ2) is 5.28. The van der Waals surface area contributed by atoms with E-state index < -0.39 is 6.10 Å². The van der Waals surface area contributed by atoms with Gasteiger partial charge in [-0.05, 0) is 53.5 Å². The fraction of sp³-hybridized carbons (Fsp3) is 0.231. The van der Waals surface area contributed by atoms with Crippen molar-refractivity contribution in [2.24, 2.45) is 0 Å². The first-order chi connectivity index (χ1) is 8.47. The minimum Gasteiger partial charge on any atom is -0.482 e. The van der Waals surface area contributed by atoms with Crippen LogP contribution in [0.3, 0.4) is 0 Å². The SMILES string of the molecule is Cc1cc(OC(C)C(=O)S)cc2cc(Br)cnc12. The van der Waals surface area contributed by atoms with E-state index in [9.17, 15) is 4.79 Å². The Hall–Kier alpha value is -1.07. The molecule has 0 saturated heterocycles. The predicted octanol–water partition coefficient (Wildman–Crippen LogP) is 3.53. The molecule has 0 aliphatic rings. The maximum atomic E-state index is 11.1. The highest BCUT2D eigenvalue weighted by Gasteiger charge is 2.11. The number of pyridine rings is 1. The molecule has 94 valence electrons. The summed E-state index contributed by atoms with van der Waals surface area (Å²) in [7, 11) is 0. The third-order valence-corrected chi connectivity index (χ3v) is 3.37. The molecule has 3 nitrogen and oxygen atoms in total. The number of aryl methyl sites for hydroxylation is 1. The van der Waals surface area contributed by atoms with Gasteiger partial charge in [-0.3, -0.25) is 9.78 Å². The van der Waals surface area contributed by atoms with Gasteiger partial charge in [-0.1, -0.05) is 0 Å². The summed E-state index contributed by atoms with van der Waals surface area (Å²) in [4.78, 5) is 15.4. The molecule has 2 aromatic rings. The van der Waals surface area contributed by atoms with Crippen molar-refractivity contribution < 1.29 is 9.53 Å². The summed E-state index contributed by atoms with van der Waals surface area (Å²) in [6, 6.07) is 5.71. The minimum atomic E-state index is -0.565. The summed E-state index contributed by atoms with van der Waals surface area (Å²) >= 11 is 7.14. The summed E-state index contributed by atoms with van der Waals surface area (Å²) in [5.74, 6) is 0.648. The summed E-state index contributed by atoms with van der Waals surface area (Å²) in [6.07, 6.45) is 1.20. The molecule has 1 heterocycles. The molecule has 5 heteroatoms. The monoisotopic (exact) mass is 325 g/mol. The van der Waals surface area contributed by atoms with Gasteiger partial charge in [0.05, 0.1) is 5.52 Å². The highest BCUT2D eigenvalue weighted by molar-refractivity contribution is 9.10. The van der Waals surface area contributed by atoms with Gasteiger partial charge in [0, 0.05) is 16.1 Å². The molecule has 2 rings (SSSR count). The quantitative estimate of drug-likeness (QED) is 0.877. The first kappa shape index (κ1) is 13.4. The number of aromatic nitrogens is 1. The Bertz CT molecular complexity index is 615. The minimum absolute atomic E-state index is 0.292. The van der Waals surface area contributed by atoms with Gasteiger partial charge in [0.2, 0.25) is 5.12 Å².